The lowest BCUT2D eigenvalue weighted by atomic mass is 10.2. The quantitative estimate of drug-likeness (QED) is 0.909. The van der Waals surface area contributed by atoms with Gasteiger partial charge in [-0.3, -0.25) is 4.79 Å². The van der Waals surface area contributed by atoms with E-state index in [1.54, 1.807) is 41.2 Å². The zero-order valence-corrected chi connectivity index (χ0v) is 10.2. The lowest BCUT2D eigenvalue weighted by Crippen LogP contribution is -2.16. The van der Waals surface area contributed by atoms with Crippen molar-refractivity contribution in [1.29, 1.82) is 5.26 Å². The molecule has 1 N–H and O–H groups in total. The van der Waals surface area contributed by atoms with Crippen LogP contribution in [0.4, 0.5) is 5.82 Å². The Balaban J connectivity index is 1.85. The maximum Gasteiger partial charge on any atom is 0.228 e. The van der Waals surface area contributed by atoms with E-state index in [1.807, 2.05) is 0 Å². The van der Waals surface area contributed by atoms with Crippen LogP contribution in [0.1, 0.15) is 18.4 Å². The topological polar surface area (TPSA) is 70.7 Å². The Morgan fingerprint density at radius 1 is 1.32 bits per heavy atom. The van der Waals surface area contributed by atoms with E-state index in [4.69, 9.17) is 5.26 Å². The molecule has 0 saturated heterocycles. The monoisotopic (exact) mass is 252 g/mol. The summed E-state index contributed by atoms with van der Waals surface area (Å²) < 4.78 is 1.65. The molecule has 1 saturated carbocycles. The Labute approximate surface area is 110 Å². The Hall–Kier alpha value is -2.61. The number of carbonyl (C=O) groups excluding carboxylic acids is 1. The van der Waals surface area contributed by atoms with Crippen molar-refractivity contribution in [3.05, 3.63) is 42.1 Å². The molecule has 1 aromatic heterocycles. The standard InChI is InChI=1S/C14H12N4O/c15-9-10-1-5-12(6-2-10)18-13(7-8-16-18)17-14(19)11-3-4-11/h1-2,5-8,11H,3-4H2,(H,17,19). The molecule has 5 heteroatoms. The van der Waals surface area contributed by atoms with Gasteiger partial charge in [-0.1, -0.05) is 0 Å². The second-order valence-electron chi connectivity index (χ2n) is 4.55. The molecule has 0 spiro atoms. The van der Waals surface area contributed by atoms with Crippen LogP contribution < -0.4 is 5.32 Å². The van der Waals surface area contributed by atoms with Crippen molar-refractivity contribution in [2.24, 2.45) is 5.92 Å². The highest BCUT2D eigenvalue weighted by atomic mass is 16.2. The highest BCUT2D eigenvalue weighted by Gasteiger charge is 2.30. The molecule has 3 rings (SSSR count). The van der Waals surface area contributed by atoms with E-state index in [2.05, 4.69) is 16.5 Å². The molecular formula is C14H12N4O. The van der Waals surface area contributed by atoms with E-state index in [1.165, 1.54) is 0 Å². The second kappa shape index (κ2) is 4.58. The van der Waals surface area contributed by atoms with Crippen molar-refractivity contribution in [3.63, 3.8) is 0 Å². The fraction of sp³-hybridized carbons (Fsp3) is 0.214. The van der Waals surface area contributed by atoms with Crippen LogP contribution in [0.5, 0.6) is 0 Å². The van der Waals surface area contributed by atoms with E-state index in [0.717, 1.165) is 18.5 Å². The molecule has 0 radical (unpaired) electrons. The van der Waals surface area contributed by atoms with Gasteiger partial charge >= 0.3 is 0 Å². The van der Waals surface area contributed by atoms with Crippen LogP contribution in [0.3, 0.4) is 0 Å². The van der Waals surface area contributed by atoms with Gasteiger partial charge < -0.3 is 5.32 Å². The number of rotatable bonds is 3. The van der Waals surface area contributed by atoms with Gasteiger partial charge in [0.15, 0.2) is 0 Å². The number of nitrogens with zero attached hydrogens (tertiary/aromatic N) is 3. The lowest BCUT2D eigenvalue weighted by molar-refractivity contribution is -0.117. The highest BCUT2D eigenvalue weighted by Crippen LogP contribution is 2.30. The first-order valence-corrected chi connectivity index (χ1v) is 6.13. The molecule has 0 bridgehead atoms. The fourth-order valence-electron chi connectivity index (χ4n) is 1.85. The van der Waals surface area contributed by atoms with Gasteiger partial charge in [0.25, 0.3) is 0 Å². The number of carbonyl (C=O) groups is 1. The zero-order valence-electron chi connectivity index (χ0n) is 10.2. The van der Waals surface area contributed by atoms with Crippen LogP contribution >= 0.6 is 0 Å². The summed E-state index contributed by atoms with van der Waals surface area (Å²) in [5.74, 6) is 0.862. The predicted octanol–water partition coefficient (Wildman–Crippen LogP) is 2.09. The van der Waals surface area contributed by atoms with Crippen LogP contribution in [0, 0.1) is 17.2 Å². The lowest BCUT2D eigenvalue weighted by Gasteiger charge is -2.08. The van der Waals surface area contributed by atoms with Crippen molar-refractivity contribution in [1.82, 2.24) is 9.78 Å². The largest absolute Gasteiger partial charge is 0.310 e. The van der Waals surface area contributed by atoms with Crippen molar-refractivity contribution in [2.75, 3.05) is 5.32 Å². The van der Waals surface area contributed by atoms with Crippen LogP contribution in [0.2, 0.25) is 0 Å². The van der Waals surface area contributed by atoms with Crippen molar-refractivity contribution < 1.29 is 4.79 Å². The molecule has 94 valence electrons. The van der Waals surface area contributed by atoms with Crippen molar-refractivity contribution in [3.8, 4) is 11.8 Å². The molecule has 1 aliphatic rings. The van der Waals surface area contributed by atoms with Crippen molar-refractivity contribution in [2.45, 2.75) is 12.8 Å². The van der Waals surface area contributed by atoms with E-state index in [-0.39, 0.29) is 11.8 Å². The summed E-state index contributed by atoms with van der Waals surface area (Å²) in [4.78, 5) is 11.8. The number of aromatic nitrogens is 2. The number of amides is 1. The highest BCUT2D eigenvalue weighted by molar-refractivity contribution is 5.93. The minimum Gasteiger partial charge on any atom is -0.310 e. The van der Waals surface area contributed by atoms with Gasteiger partial charge in [-0.05, 0) is 37.1 Å². The molecule has 1 heterocycles. The molecule has 1 amide bonds. The number of nitriles is 1. The van der Waals surface area contributed by atoms with Crippen LogP contribution in [-0.4, -0.2) is 15.7 Å². The average Bonchev–Trinajstić information content (AvgIpc) is 3.20. The van der Waals surface area contributed by atoms with Gasteiger partial charge in [0, 0.05) is 12.0 Å². The molecule has 19 heavy (non-hydrogen) atoms. The van der Waals surface area contributed by atoms with Gasteiger partial charge in [-0.2, -0.15) is 10.4 Å². The summed E-state index contributed by atoms with van der Waals surface area (Å²) in [7, 11) is 0. The maximum atomic E-state index is 11.8. The summed E-state index contributed by atoms with van der Waals surface area (Å²) in [6.45, 7) is 0. The number of anilines is 1. The molecule has 0 aliphatic heterocycles. The predicted molar refractivity (Wildman–Crippen MR) is 69.6 cm³/mol. The van der Waals surface area contributed by atoms with E-state index >= 15 is 0 Å². The minimum atomic E-state index is 0.0513. The van der Waals surface area contributed by atoms with Gasteiger partial charge in [0.2, 0.25) is 5.91 Å². The van der Waals surface area contributed by atoms with Gasteiger partial charge in [-0.25, -0.2) is 4.68 Å². The minimum absolute atomic E-state index is 0.0513. The number of nitrogens with one attached hydrogen (secondary N) is 1. The molecule has 0 unspecified atom stereocenters. The number of hydrogen-bond donors (Lipinski definition) is 1. The molecule has 1 fully saturated rings. The number of benzene rings is 1. The molecule has 0 atom stereocenters. The molecule has 1 aliphatic carbocycles. The summed E-state index contributed by atoms with van der Waals surface area (Å²) in [5, 5.41) is 15.8. The van der Waals surface area contributed by atoms with Crippen LogP contribution in [0.15, 0.2) is 36.5 Å². The summed E-state index contributed by atoms with van der Waals surface area (Å²) in [6.07, 6.45) is 3.58. The third kappa shape index (κ3) is 2.33. The van der Waals surface area contributed by atoms with Crippen LogP contribution in [-0.2, 0) is 4.79 Å². The Bertz CT molecular complexity index is 647. The van der Waals surface area contributed by atoms with E-state index < -0.39 is 0 Å². The van der Waals surface area contributed by atoms with Crippen molar-refractivity contribution >= 4 is 11.7 Å². The van der Waals surface area contributed by atoms with Gasteiger partial charge in [-0.15, -0.1) is 0 Å². The SMILES string of the molecule is N#Cc1ccc(-n2nccc2NC(=O)C2CC2)cc1. The van der Waals surface area contributed by atoms with Gasteiger partial charge in [0.05, 0.1) is 23.5 Å². The van der Waals surface area contributed by atoms with Gasteiger partial charge in [0.1, 0.15) is 5.82 Å². The van der Waals surface area contributed by atoms with E-state index in [0.29, 0.717) is 11.4 Å². The Morgan fingerprint density at radius 2 is 2.05 bits per heavy atom. The molecule has 5 nitrogen and oxygen atoms in total. The smallest absolute Gasteiger partial charge is 0.228 e. The molecular weight excluding hydrogens is 240 g/mol. The molecule has 1 aromatic carbocycles. The maximum absolute atomic E-state index is 11.8. The zero-order chi connectivity index (χ0) is 13.2. The summed E-state index contributed by atoms with van der Waals surface area (Å²) in [5.41, 5.74) is 1.41. The fourth-order valence-corrected chi connectivity index (χ4v) is 1.85. The van der Waals surface area contributed by atoms with Crippen LogP contribution in [0.25, 0.3) is 5.69 Å². The Morgan fingerprint density at radius 3 is 2.68 bits per heavy atom. The first-order chi connectivity index (χ1) is 9.28. The number of hydrogen-bond acceptors (Lipinski definition) is 3. The molecule has 2 aromatic rings. The normalized spacial score (nSPS) is 13.8. The third-order valence-corrected chi connectivity index (χ3v) is 3.08. The first-order valence-electron chi connectivity index (χ1n) is 6.13. The summed E-state index contributed by atoms with van der Waals surface area (Å²) in [6, 6.07) is 10.9. The summed E-state index contributed by atoms with van der Waals surface area (Å²) >= 11 is 0. The first kappa shape index (κ1) is 11.5. The third-order valence-electron chi connectivity index (χ3n) is 3.08. The second-order valence-corrected chi connectivity index (χ2v) is 4.55. The van der Waals surface area contributed by atoms with E-state index in [9.17, 15) is 4.79 Å². The Kier molecular flexibility index (Phi) is 2.76. The average molecular weight is 252 g/mol.